The molecular formula is C12H17N5O. The van der Waals surface area contributed by atoms with Gasteiger partial charge in [0.25, 0.3) is 0 Å². The lowest BCUT2D eigenvalue weighted by molar-refractivity contribution is -0.123. The predicted octanol–water partition coefficient (Wildman–Crippen LogP) is 0.315. The van der Waals surface area contributed by atoms with Gasteiger partial charge in [-0.25, -0.2) is 0 Å². The number of carbonyl (C=O) groups excluding carboxylic acids is 1. The highest BCUT2D eigenvalue weighted by molar-refractivity contribution is 5.86. The summed E-state index contributed by atoms with van der Waals surface area (Å²) < 4.78 is 1.69. The molecule has 1 unspecified atom stereocenters. The Morgan fingerprint density at radius 2 is 2.33 bits per heavy atom. The zero-order valence-electron chi connectivity index (χ0n) is 10.9. The molecule has 6 nitrogen and oxygen atoms in total. The number of aromatic nitrogens is 2. The fourth-order valence-electron chi connectivity index (χ4n) is 2.48. The smallest absolute Gasteiger partial charge is 0.242 e. The van der Waals surface area contributed by atoms with E-state index < -0.39 is 0 Å². The number of hydrogen-bond donors (Lipinski definition) is 1. The second-order valence-corrected chi connectivity index (χ2v) is 4.43. The number of nitriles is 1. The maximum Gasteiger partial charge on any atom is 0.242 e. The first-order chi connectivity index (χ1) is 8.60. The molecule has 1 aromatic rings. The lowest BCUT2D eigenvalue weighted by Gasteiger charge is -2.36. The van der Waals surface area contributed by atoms with Crippen LogP contribution in [-0.2, 0) is 11.8 Å². The highest BCUT2D eigenvalue weighted by Gasteiger charge is 2.32. The second-order valence-electron chi connectivity index (χ2n) is 4.43. The number of anilines is 1. The zero-order valence-corrected chi connectivity index (χ0v) is 10.9. The monoisotopic (exact) mass is 247 g/mol. The highest BCUT2D eigenvalue weighted by atomic mass is 16.2. The molecule has 1 aliphatic rings. The van der Waals surface area contributed by atoms with Gasteiger partial charge in [0.05, 0.1) is 5.69 Å². The van der Waals surface area contributed by atoms with E-state index in [0.29, 0.717) is 30.8 Å². The Labute approximate surface area is 106 Å². The molecule has 1 fully saturated rings. The van der Waals surface area contributed by atoms with E-state index in [2.05, 4.69) is 16.5 Å². The molecule has 6 heteroatoms. The fourth-order valence-corrected chi connectivity index (χ4v) is 2.48. The van der Waals surface area contributed by atoms with Gasteiger partial charge in [-0.2, -0.15) is 10.4 Å². The van der Waals surface area contributed by atoms with Gasteiger partial charge in [0, 0.05) is 20.1 Å². The predicted molar refractivity (Wildman–Crippen MR) is 67.1 cm³/mol. The molecule has 0 saturated carbocycles. The van der Waals surface area contributed by atoms with Crippen LogP contribution in [0.25, 0.3) is 0 Å². The van der Waals surface area contributed by atoms with Crippen LogP contribution in [0.3, 0.4) is 0 Å². The average molecular weight is 247 g/mol. The Morgan fingerprint density at radius 1 is 1.61 bits per heavy atom. The first-order valence-electron chi connectivity index (χ1n) is 6.08. The van der Waals surface area contributed by atoms with Crippen molar-refractivity contribution in [3.63, 3.8) is 0 Å². The van der Waals surface area contributed by atoms with E-state index in [1.54, 1.807) is 4.68 Å². The van der Waals surface area contributed by atoms with Crippen molar-refractivity contribution in [2.75, 3.05) is 18.0 Å². The van der Waals surface area contributed by atoms with Crippen LogP contribution in [-0.4, -0.2) is 34.8 Å². The van der Waals surface area contributed by atoms with E-state index in [4.69, 9.17) is 0 Å². The summed E-state index contributed by atoms with van der Waals surface area (Å²) in [7, 11) is 1.81. The van der Waals surface area contributed by atoms with Crippen LogP contribution in [0.4, 0.5) is 5.82 Å². The van der Waals surface area contributed by atoms with Crippen molar-refractivity contribution in [2.24, 2.45) is 7.05 Å². The number of rotatable bonds is 2. The summed E-state index contributed by atoms with van der Waals surface area (Å²) in [5.74, 6) is 0.767. The van der Waals surface area contributed by atoms with Crippen LogP contribution in [0.15, 0.2) is 0 Å². The third kappa shape index (κ3) is 1.82. The molecule has 0 aromatic carbocycles. The summed E-state index contributed by atoms with van der Waals surface area (Å²) >= 11 is 0. The molecule has 96 valence electrons. The number of nitrogens with zero attached hydrogens (tertiary/aromatic N) is 4. The molecule has 18 heavy (non-hydrogen) atoms. The molecule has 1 atom stereocenters. The molecule has 1 saturated heterocycles. The summed E-state index contributed by atoms with van der Waals surface area (Å²) in [4.78, 5) is 13.8. The third-order valence-corrected chi connectivity index (χ3v) is 3.29. The standard InChI is InChI=1S/C12H17N5O/c1-4-10-11(18)14-5-6-17(10)12-9(7-13)8(2)15-16(12)3/h10H,4-6H2,1-3H3,(H,14,18). The van der Waals surface area contributed by atoms with Crippen molar-refractivity contribution in [3.8, 4) is 6.07 Å². The van der Waals surface area contributed by atoms with E-state index in [1.807, 2.05) is 25.8 Å². The van der Waals surface area contributed by atoms with Gasteiger partial charge in [0.15, 0.2) is 0 Å². The van der Waals surface area contributed by atoms with Crippen LogP contribution in [0.1, 0.15) is 24.6 Å². The first-order valence-corrected chi connectivity index (χ1v) is 6.08. The van der Waals surface area contributed by atoms with E-state index in [0.717, 1.165) is 5.82 Å². The van der Waals surface area contributed by atoms with Crippen molar-refractivity contribution in [1.82, 2.24) is 15.1 Å². The second kappa shape index (κ2) is 4.69. The van der Waals surface area contributed by atoms with Crippen LogP contribution < -0.4 is 10.2 Å². The van der Waals surface area contributed by atoms with Gasteiger partial charge in [-0.15, -0.1) is 0 Å². The first kappa shape index (κ1) is 12.4. The summed E-state index contributed by atoms with van der Waals surface area (Å²) in [6, 6.07) is 1.96. The minimum absolute atomic E-state index is 0.0199. The number of nitrogens with one attached hydrogen (secondary N) is 1. The Balaban J connectivity index is 2.47. The minimum Gasteiger partial charge on any atom is -0.353 e. The molecule has 0 bridgehead atoms. The normalized spacial score (nSPS) is 19.6. The Kier molecular flexibility index (Phi) is 3.24. The lowest BCUT2D eigenvalue weighted by atomic mass is 10.1. The van der Waals surface area contributed by atoms with E-state index in [1.165, 1.54) is 0 Å². The van der Waals surface area contributed by atoms with Crippen molar-refractivity contribution in [3.05, 3.63) is 11.3 Å². The summed E-state index contributed by atoms with van der Waals surface area (Å²) in [6.45, 7) is 5.09. The van der Waals surface area contributed by atoms with Crippen LogP contribution in [0, 0.1) is 18.3 Å². The molecule has 2 rings (SSSR count). The van der Waals surface area contributed by atoms with Gasteiger partial charge in [-0.1, -0.05) is 6.92 Å². The van der Waals surface area contributed by atoms with Crippen LogP contribution in [0.2, 0.25) is 0 Å². The van der Waals surface area contributed by atoms with Gasteiger partial charge in [0.1, 0.15) is 23.5 Å². The molecule has 1 N–H and O–H groups in total. The molecule has 0 aliphatic carbocycles. The maximum atomic E-state index is 11.9. The Hall–Kier alpha value is -2.03. The summed E-state index contributed by atoms with van der Waals surface area (Å²) in [5.41, 5.74) is 1.27. The van der Waals surface area contributed by atoms with Gasteiger partial charge in [-0.3, -0.25) is 9.48 Å². The zero-order chi connectivity index (χ0) is 13.3. The number of hydrogen-bond acceptors (Lipinski definition) is 4. The fraction of sp³-hybridized carbons (Fsp3) is 0.583. The average Bonchev–Trinajstić information content (AvgIpc) is 2.63. The number of aryl methyl sites for hydroxylation is 2. The lowest BCUT2D eigenvalue weighted by Crippen LogP contribution is -2.55. The maximum absolute atomic E-state index is 11.9. The SMILES string of the molecule is CCC1C(=O)NCCN1c1c(C#N)c(C)nn1C. The largest absolute Gasteiger partial charge is 0.353 e. The molecule has 2 heterocycles. The van der Waals surface area contributed by atoms with E-state index >= 15 is 0 Å². The summed E-state index contributed by atoms with van der Waals surface area (Å²) in [6.07, 6.45) is 0.709. The number of amides is 1. The number of carbonyl (C=O) groups is 1. The molecule has 1 amide bonds. The van der Waals surface area contributed by atoms with Crippen molar-refractivity contribution in [1.29, 1.82) is 5.26 Å². The minimum atomic E-state index is -0.222. The van der Waals surface area contributed by atoms with E-state index in [9.17, 15) is 10.1 Å². The van der Waals surface area contributed by atoms with Crippen LogP contribution in [0.5, 0.6) is 0 Å². The van der Waals surface area contributed by atoms with E-state index in [-0.39, 0.29) is 11.9 Å². The Morgan fingerprint density at radius 3 is 2.94 bits per heavy atom. The third-order valence-electron chi connectivity index (χ3n) is 3.29. The van der Waals surface area contributed by atoms with Gasteiger partial charge < -0.3 is 10.2 Å². The molecule has 1 aromatic heterocycles. The van der Waals surface area contributed by atoms with Gasteiger partial charge in [0.2, 0.25) is 5.91 Å². The number of piperazine rings is 1. The van der Waals surface area contributed by atoms with Gasteiger partial charge in [-0.05, 0) is 13.3 Å². The molecule has 1 aliphatic heterocycles. The quantitative estimate of drug-likeness (QED) is 0.816. The topological polar surface area (TPSA) is 74.0 Å². The highest BCUT2D eigenvalue weighted by Crippen LogP contribution is 2.26. The summed E-state index contributed by atoms with van der Waals surface area (Å²) in [5, 5.41) is 16.4. The van der Waals surface area contributed by atoms with Crippen molar-refractivity contribution >= 4 is 11.7 Å². The molecule has 0 spiro atoms. The Bertz CT molecular complexity index is 513. The molecular weight excluding hydrogens is 230 g/mol. The van der Waals surface area contributed by atoms with Gasteiger partial charge >= 0.3 is 0 Å². The molecule has 0 radical (unpaired) electrons. The van der Waals surface area contributed by atoms with Crippen molar-refractivity contribution < 1.29 is 4.79 Å². The van der Waals surface area contributed by atoms with Crippen LogP contribution >= 0.6 is 0 Å². The van der Waals surface area contributed by atoms with Crippen molar-refractivity contribution in [2.45, 2.75) is 26.3 Å².